The highest BCUT2D eigenvalue weighted by molar-refractivity contribution is 5.97. The Morgan fingerprint density at radius 1 is 1.33 bits per heavy atom. The number of nitrogens with zero attached hydrogens (tertiary/aromatic N) is 2. The lowest BCUT2D eigenvalue weighted by Crippen LogP contribution is -2.06. The summed E-state index contributed by atoms with van der Waals surface area (Å²) in [5, 5.41) is 0. The van der Waals surface area contributed by atoms with E-state index in [9.17, 15) is 4.79 Å². The molecule has 18 heavy (non-hydrogen) atoms. The summed E-state index contributed by atoms with van der Waals surface area (Å²) in [4.78, 5) is 16.4. The van der Waals surface area contributed by atoms with Crippen LogP contribution in [0.3, 0.4) is 0 Å². The molecule has 0 aliphatic heterocycles. The van der Waals surface area contributed by atoms with Crippen molar-refractivity contribution in [2.45, 2.75) is 26.7 Å². The monoisotopic (exact) mass is 242 g/mol. The van der Waals surface area contributed by atoms with Crippen LogP contribution in [0.5, 0.6) is 0 Å². The van der Waals surface area contributed by atoms with Crippen LogP contribution in [0.1, 0.15) is 33.7 Å². The molecule has 1 aromatic heterocycles. The van der Waals surface area contributed by atoms with E-state index in [2.05, 4.69) is 4.98 Å². The second-order valence-corrected chi connectivity index (χ2v) is 4.70. The average Bonchev–Trinajstić information content (AvgIpc) is 2.72. The van der Waals surface area contributed by atoms with Gasteiger partial charge in [-0.2, -0.15) is 0 Å². The number of carbonyl (C=O) groups excluding carboxylic acids is 1. The molecule has 0 bridgehead atoms. The second-order valence-electron chi connectivity index (χ2n) is 4.70. The molecule has 0 amide bonds. The van der Waals surface area contributed by atoms with Gasteiger partial charge in [-0.05, 0) is 19.4 Å². The molecule has 0 atom stereocenters. The van der Waals surface area contributed by atoms with Gasteiger partial charge in [0.2, 0.25) is 0 Å². The van der Waals surface area contributed by atoms with E-state index in [1.54, 1.807) is 6.20 Å². The number of imidazole rings is 1. The zero-order valence-corrected chi connectivity index (χ0v) is 11.1. The highest BCUT2D eigenvalue weighted by Gasteiger charge is 2.10. The minimum atomic E-state index is 0.190. The lowest BCUT2D eigenvalue weighted by Gasteiger charge is -2.06. The fourth-order valence-electron chi connectivity index (χ4n) is 2.12. The topological polar surface area (TPSA) is 34.9 Å². The van der Waals surface area contributed by atoms with Gasteiger partial charge in [-0.3, -0.25) is 4.79 Å². The molecule has 3 heteroatoms. The van der Waals surface area contributed by atoms with Gasteiger partial charge in [0.05, 0.1) is 0 Å². The van der Waals surface area contributed by atoms with Crippen molar-refractivity contribution in [3.63, 3.8) is 0 Å². The Balaban J connectivity index is 2.06. The summed E-state index contributed by atoms with van der Waals surface area (Å²) in [7, 11) is 1.95. The van der Waals surface area contributed by atoms with Crippen molar-refractivity contribution < 1.29 is 4.79 Å². The molecule has 0 radical (unpaired) electrons. The van der Waals surface area contributed by atoms with Crippen LogP contribution in [0.15, 0.2) is 30.6 Å². The Hall–Kier alpha value is -1.90. The summed E-state index contributed by atoms with van der Waals surface area (Å²) in [6.45, 7) is 4.02. The lowest BCUT2D eigenvalue weighted by molar-refractivity contribution is 0.0981. The summed E-state index contributed by atoms with van der Waals surface area (Å²) in [5.41, 5.74) is 3.07. The molecule has 1 aromatic carbocycles. The van der Waals surface area contributed by atoms with Crippen molar-refractivity contribution in [3.8, 4) is 0 Å². The number of aromatic nitrogens is 2. The van der Waals surface area contributed by atoms with E-state index in [4.69, 9.17) is 0 Å². The van der Waals surface area contributed by atoms with E-state index < -0.39 is 0 Å². The zero-order chi connectivity index (χ0) is 13.1. The van der Waals surface area contributed by atoms with Gasteiger partial charge in [0.1, 0.15) is 5.82 Å². The third-order valence-corrected chi connectivity index (χ3v) is 3.18. The van der Waals surface area contributed by atoms with Crippen LogP contribution in [-0.2, 0) is 13.5 Å². The number of rotatable bonds is 4. The molecule has 0 saturated carbocycles. The quantitative estimate of drug-likeness (QED) is 0.773. The normalized spacial score (nSPS) is 10.6. The molecule has 0 aliphatic carbocycles. The Bertz CT molecular complexity index is 570. The fraction of sp³-hybridized carbons (Fsp3) is 0.333. The second kappa shape index (κ2) is 5.17. The molecule has 2 aromatic rings. The Kier molecular flexibility index (Phi) is 3.60. The van der Waals surface area contributed by atoms with Crippen molar-refractivity contribution in [2.75, 3.05) is 0 Å². The van der Waals surface area contributed by atoms with E-state index >= 15 is 0 Å². The van der Waals surface area contributed by atoms with Crippen molar-refractivity contribution >= 4 is 5.78 Å². The van der Waals surface area contributed by atoms with E-state index in [0.717, 1.165) is 17.0 Å². The molecule has 1 heterocycles. The van der Waals surface area contributed by atoms with Gasteiger partial charge < -0.3 is 4.57 Å². The highest BCUT2D eigenvalue weighted by atomic mass is 16.1. The third-order valence-electron chi connectivity index (χ3n) is 3.18. The van der Waals surface area contributed by atoms with Crippen molar-refractivity contribution in [3.05, 3.63) is 53.1 Å². The van der Waals surface area contributed by atoms with Crippen molar-refractivity contribution in [1.82, 2.24) is 9.55 Å². The lowest BCUT2D eigenvalue weighted by atomic mass is 9.99. The van der Waals surface area contributed by atoms with Gasteiger partial charge in [0.25, 0.3) is 0 Å². The summed E-state index contributed by atoms with van der Waals surface area (Å²) in [6, 6.07) is 5.96. The SMILES string of the molecule is Cc1ccc(C(=O)CCc2nccn2C)c(C)c1. The predicted octanol–water partition coefficient (Wildman–Crippen LogP) is 2.85. The number of hydrogen-bond donors (Lipinski definition) is 0. The molecule has 94 valence electrons. The smallest absolute Gasteiger partial charge is 0.163 e. The first-order chi connectivity index (χ1) is 8.58. The van der Waals surface area contributed by atoms with E-state index in [1.807, 2.05) is 49.9 Å². The predicted molar refractivity (Wildman–Crippen MR) is 71.8 cm³/mol. The first-order valence-electron chi connectivity index (χ1n) is 6.14. The third kappa shape index (κ3) is 2.67. The molecular weight excluding hydrogens is 224 g/mol. The summed E-state index contributed by atoms with van der Waals surface area (Å²) in [5.74, 6) is 1.14. The molecule has 0 saturated heterocycles. The van der Waals surface area contributed by atoms with Crippen LogP contribution in [0.25, 0.3) is 0 Å². The molecule has 3 nitrogen and oxygen atoms in total. The van der Waals surface area contributed by atoms with Crippen LogP contribution < -0.4 is 0 Å². The minimum Gasteiger partial charge on any atom is -0.338 e. The number of Topliss-reactive ketones (excluding diaryl/α,β-unsaturated/α-hetero) is 1. The number of ketones is 1. The molecule has 2 rings (SSSR count). The largest absolute Gasteiger partial charge is 0.338 e. The van der Waals surface area contributed by atoms with E-state index in [1.165, 1.54) is 5.56 Å². The van der Waals surface area contributed by atoms with Gasteiger partial charge in [-0.25, -0.2) is 4.98 Å². The van der Waals surface area contributed by atoms with Crippen molar-refractivity contribution in [1.29, 1.82) is 0 Å². The highest BCUT2D eigenvalue weighted by Crippen LogP contribution is 2.14. The van der Waals surface area contributed by atoms with Gasteiger partial charge in [-0.1, -0.05) is 23.8 Å². The standard InChI is InChI=1S/C15H18N2O/c1-11-4-5-13(12(2)10-11)14(18)6-7-15-16-8-9-17(15)3/h4-5,8-10H,6-7H2,1-3H3. The molecule has 0 N–H and O–H groups in total. The Labute approximate surface area is 107 Å². The first kappa shape index (κ1) is 12.6. The Morgan fingerprint density at radius 2 is 2.11 bits per heavy atom. The van der Waals surface area contributed by atoms with Crippen LogP contribution in [0.2, 0.25) is 0 Å². The van der Waals surface area contributed by atoms with Crippen LogP contribution >= 0.6 is 0 Å². The zero-order valence-electron chi connectivity index (χ0n) is 11.1. The van der Waals surface area contributed by atoms with Gasteiger partial charge in [0.15, 0.2) is 5.78 Å². The van der Waals surface area contributed by atoms with Crippen LogP contribution in [0, 0.1) is 13.8 Å². The van der Waals surface area contributed by atoms with Gasteiger partial charge in [-0.15, -0.1) is 0 Å². The van der Waals surface area contributed by atoms with Crippen LogP contribution in [0.4, 0.5) is 0 Å². The first-order valence-corrected chi connectivity index (χ1v) is 6.14. The van der Waals surface area contributed by atoms with E-state index in [-0.39, 0.29) is 5.78 Å². The number of aryl methyl sites for hydroxylation is 4. The Morgan fingerprint density at radius 3 is 2.72 bits per heavy atom. The summed E-state index contributed by atoms with van der Waals surface area (Å²) >= 11 is 0. The summed E-state index contributed by atoms with van der Waals surface area (Å²) < 4.78 is 1.95. The fourth-order valence-corrected chi connectivity index (χ4v) is 2.12. The number of hydrogen-bond acceptors (Lipinski definition) is 2. The van der Waals surface area contributed by atoms with Crippen molar-refractivity contribution in [2.24, 2.45) is 7.05 Å². The minimum absolute atomic E-state index is 0.190. The molecular formula is C15H18N2O. The maximum absolute atomic E-state index is 12.1. The van der Waals surface area contributed by atoms with E-state index in [0.29, 0.717) is 12.8 Å². The van der Waals surface area contributed by atoms with Crippen LogP contribution in [-0.4, -0.2) is 15.3 Å². The maximum atomic E-state index is 12.1. The average molecular weight is 242 g/mol. The number of benzene rings is 1. The molecule has 0 unspecified atom stereocenters. The molecule has 0 fully saturated rings. The molecule has 0 aliphatic rings. The van der Waals surface area contributed by atoms with Gasteiger partial charge in [0, 0.05) is 37.8 Å². The van der Waals surface area contributed by atoms with Gasteiger partial charge >= 0.3 is 0 Å². The molecule has 0 spiro atoms. The summed E-state index contributed by atoms with van der Waals surface area (Å²) in [6.07, 6.45) is 4.86. The maximum Gasteiger partial charge on any atom is 0.163 e. The number of carbonyl (C=O) groups is 1.